The first-order chi connectivity index (χ1) is 8.85. The molecule has 2 aromatic carbocycles. The molecular formula is C15H17NOS. The van der Waals surface area contributed by atoms with Gasteiger partial charge in [0.25, 0.3) is 0 Å². The smallest absolute Gasteiger partial charge is 0.132 e. The molecule has 2 aromatic rings. The molecule has 0 aliphatic rings. The van der Waals surface area contributed by atoms with Crippen molar-refractivity contribution >= 4 is 11.8 Å². The van der Waals surface area contributed by atoms with Crippen molar-refractivity contribution in [2.75, 3.05) is 7.11 Å². The summed E-state index contributed by atoms with van der Waals surface area (Å²) in [4.78, 5) is 1.16. The van der Waals surface area contributed by atoms with Crippen molar-refractivity contribution in [3.8, 4) is 5.75 Å². The Morgan fingerprint density at radius 1 is 1.00 bits per heavy atom. The number of para-hydroxylation sites is 1. The van der Waals surface area contributed by atoms with Crippen molar-refractivity contribution in [1.29, 1.82) is 0 Å². The van der Waals surface area contributed by atoms with Crippen LogP contribution in [0.1, 0.15) is 11.1 Å². The number of thioether (sulfide) groups is 1. The Bertz CT molecular complexity index is 466. The molecule has 0 atom stereocenters. The first-order valence-electron chi connectivity index (χ1n) is 5.88. The number of hydrogen-bond donors (Lipinski definition) is 1. The SMILES string of the molecule is COc1ccccc1SCc1ccccc1CN. The molecule has 0 spiro atoms. The molecule has 0 saturated heterocycles. The summed E-state index contributed by atoms with van der Waals surface area (Å²) in [6.45, 7) is 0.586. The first kappa shape index (κ1) is 13.0. The van der Waals surface area contributed by atoms with Crippen LogP contribution in [0.15, 0.2) is 53.4 Å². The second-order valence-electron chi connectivity index (χ2n) is 3.91. The van der Waals surface area contributed by atoms with Crippen molar-refractivity contribution < 1.29 is 4.74 Å². The predicted octanol–water partition coefficient (Wildman–Crippen LogP) is 3.45. The normalized spacial score (nSPS) is 10.3. The lowest BCUT2D eigenvalue weighted by molar-refractivity contribution is 0.405. The molecule has 3 heteroatoms. The molecule has 0 aliphatic heterocycles. The Kier molecular flexibility index (Phi) is 4.67. The number of benzene rings is 2. The Morgan fingerprint density at radius 2 is 1.67 bits per heavy atom. The minimum Gasteiger partial charge on any atom is -0.496 e. The van der Waals surface area contributed by atoms with E-state index < -0.39 is 0 Å². The maximum atomic E-state index is 5.74. The second-order valence-corrected chi connectivity index (χ2v) is 4.93. The van der Waals surface area contributed by atoms with Crippen LogP contribution in [0, 0.1) is 0 Å². The summed E-state index contributed by atoms with van der Waals surface area (Å²) >= 11 is 1.77. The van der Waals surface area contributed by atoms with Crippen LogP contribution in [0.25, 0.3) is 0 Å². The second kappa shape index (κ2) is 6.47. The number of rotatable bonds is 5. The minimum atomic E-state index is 0.586. The lowest BCUT2D eigenvalue weighted by Gasteiger charge is -2.10. The van der Waals surface area contributed by atoms with Crippen LogP contribution in [-0.4, -0.2) is 7.11 Å². The van der Waals surface area contributed by atoms with E-state index in [0.29, 0.717) is 6.54 Å². The van der Waals surface area contributed by atoms with Crippen LogP contribution in [0.2, 0.25) is 0 Å². The molecule has 0 fully saturated rings. The molecule has 2 rings (SSSR count). The Balaban J connectivity index is 2.11. The van der Waals surface area contributed by atoms with Crippen molar-refractivity contribution in [2.45, 2.75) is 17.2 Å². The molecule has 0 heterocycles. The maximum absolute atomic E-state index is 5.74. The minimum absolute atomic E-state index is 0.586. The zero-order valence-electron chi connectivity index (χ0n) is 10.4. The molecule has 2 nitrogen and oxygen atoms in total. The molecule has 18 heavy (non-hydrogen) atoms. The van der Waals surface area contributed by atoms with Crippen molar-refractivity contribution in [3.63, 3.8) is 0 Å². The highest BCUT2D eigenvalue weighted by atomic mass is 32.2. The Hall–Kier alpha value is -1.45. The standard InChI is InChI=1S/C15H17NOS/c1-17-14-8-4-5-9-15(14)18-11-13-7-3-2-6-12(13)10-16/h2-9H,10-11,16H2,1H3. The van der Waals surface area contributed by atoms with Crippen molar-refractivity contribution in [3.05, 3.63) is 59.7 Å². The molecule has 94 valence electrons. The first-order valence-corrected chi connectivity index (χ1v) is 6.86. The van der Waals surface area contributed by atoms with Gasteiger partial charge >= 0.3 is 0 Å². The summed E-state index contributed by atoms with van der Waals surface area (Å²) in [5.74, 6) is 1.83. The monoisotopic (exact) mass is 259 g/mol. The Labute approximate surface area is 112 Å². The third-order valence-corrected chi connectivity index (χ3v) is 3.89. The zero-order chi connectivity index (χ0) is 12.8. The van der Waals surface area contributed by atoms with Gasteiger partial charge in [-0.1, -0.05) is 36.4 Å². The summed E-state index contributed by atoms with van der Waals surface area (Å²) in [5.41, 5.74) is 8.24. The third-order valence-electron chi connectivity index (χ3n) is 2.79. The molecule has 0 saturated carbocycles. The third kappa shape index (κ3) is 3.06. The van der Waals surface area contributed by atoms with Gasteiger partial charge in [-0.25, -0.2) is 0 Å². The number of ether oxygens (including phenoxy) is 1. The zero-order valence-corrected chi connectivity index (χ0v) is 11.2. The highest BCUT2D eigenvalue weighted by molar-refractivity contribution is 7.98. The van der Waals surface area contributed by atoms with E-state index in [1.54, 1.807) is 18.9 Å². The van der Waals surface area contributed by atoms with Gasteiger partial charge in [0.15, 0.2) is 0 Å². The topological polar surface area (TPSA) is 35.2 Å². The van der Waals surface area contributed by atoms with E-state index in [2.05, 4.69) is 24.3 Å². The molecule has 0 radical (unpaired) electrons. The summed E-state index contributed by atoms with van der Waals surface area (Å²) < 4.78 is 5.34. The van der Waals surface area contributed by atoms with E-state index in [1.807, 2.05) is 24.3 Å². The Morgan fingerprint density at radius 3 is 2.39 bits per heavy atom. The fourth-order valence-electron chi connectivity index (χ4n) is 1.79. The van der Waals surface area contributed by atoms with Gasteiger partial charge in [-0.15, -0.1) is 11.8 Å². The van der Waals surface area contributed by atoms with E-state index in [9.17, 15) is 0 Å². The average Bonchev–Trinajstić information content (AvgIpc) is 2.45. The van der Waals surface area contributed by atoms with E-state index in [4.69, 9.17) is 10.5 Å². The molecule has 0 unspecified atom stereocenters. The fraction of sp³-hybridized carbons (Fsp3) is 0.200. The van der Waals surface area contributed by atoms with Crippen LogP contribution < -0.4 is 10.5 Å². The summed E-state index contributed by atoms with van der Waals surface area (Å²) in [7, 11) is 1.70. The number of nitrogens with two attached hydrogens (primary N) is 1. The van der Waals surface area contributed by atoms with Crippen LogP contribution >= 0.6 is 11.8 Å². The summed E-state index contributed by atoms with van der Waals surface area (Å²) in [5, 5.41) is 0. The van der Waals surface area contributed by atoms with Crippen molar-refractivity contribution in [2.24, 2.45) is 5.73 Å². The number of methoxy groups -OCH3 is 1. The molecule has 2 N–H and O–H groups in total. The van der Waals surface area contributed by atoms with Gasteiger partial charge in [0.05, 0.1) is 7.11 Å². The van der Waals surface area contributed by atoms with Crippen LogP contribution in [0.4, 0.5) is 0 Å². The van der Waals surface area contributed by atoms with Gasteiger partial charge < -0.3 is 10.5 Å². The molecule has 0 amide bonds. The van der Waals surface area contributed by atoms with Crippen molar-refractivity contribution in [1.82, 2.24) is 0 Å². The van der Waals surface area contributed by atoms with Gasteiger partial charge in [-0.2, -0.15) is 0 Å². The van der Waals surface area contributed by atoms with Crippen LogP contribution in [-0.2, 0) is 12.3 Å². The van der Waals surface area contributed by atoms with Gasteiger partial charge in [-0.3, -0.25) is 0 Å². The fourth-order valence-corrected chi connectivity index (χ4v) is 2.85. The van der Waals surface area contributed by atoms with E-state index in [0.717, 1.165) is 16.4 Å². The average molecular weight is 259 g/mol. The van der Waals surface area contributed by atoms with Crippen LogP contribution in [0.5, 0.6) is 5.75 Å². The quantitative estimate of drug-likeness (QED) is 0.835. The summed E-state index contributed by atoms with van der Waals surface area (Å²) in [6, 6.07) is 16.4. The number of hydrogen-bond acceptors (Lipinski definition) is 3. The molecule has 0 aromatic heterocycles. The lowest BCUT2D eigenvalue weighted by atomic mass is 10.1. The molecule has 0 aliphatic carbocycles. The van der Waals surface area contributed by atoms with E-state index >= 15 is 0 Å². The van der Waals surface area contributed by atoms with E-state index in [1.165, 1.54) is 11.1 Å². The lowest BCUT2D eigenvalue weighted by Crippen LogP contribution is -2.00. The van der Waals surface area contributed by atoms with Gasteiger partial charge in [0.1, 0.15) is 5.75 Å². The molecule has 0 bridgehead atoms. The van der Waals surface area contributed by atoms with E-state index in [-0.39, 0.29) is 0 Å². The highest BCUT2D eigenvalue weighted by Gasteiger charge is 2.05. The van der Waals surface area contributed by atoms with Gasteiger partial charge in [-0.05, 0) is 23.3 Å². The summed E-state index contributed by atoms with van der Waals surface area (Å²) in [6.07, 6.45) is 0. The van der Waals surface area contributed by atoms with Gasteiger partial charge in [0.2, 0.25) is 0 Å². The predicted molar refractivity (Wildman–Crippen MR) is 76.9 cm³/mol. The van der Waals surface area contributed by atoms with Crippen LogP contribution in [0.3, 0.4) is 0 Å². The molecular weight excluding hydrogens is 242 g/mol. The highest BCUT2D eigenvalue weighted by Crippen LogP contribution is 2.31. The maximum Gasteiger partial charge on any atom is 0.132 e. The van der Waals surface area contributed by atoms with Gasteiger partial charge in [0, 0.05) is 17.2 Å². The largest absolute Gasteiger partial charge is 0.496 e.